The van der Waals surface area contributed by atoms with Crippen molar-refractivity contribution in [3.8, 4) is 0 Å². The maximum absolute atomic E-state index is 11.2. The lowest BCUT2D eigenvalue weighted by molar-refractivity contribution is -0.149. The van der Waals surface area contributed by atoms with E-state index in [2.05, 4.69) is 11.8 Å². The first-order valence-electron chi connectivity index (χ1n) is 7.95. The fourth-order valence-electron chi connectivity index (χ4n) is 2.40. The molecular formula is C16H33NO2. The number of aliphatic carboxylic acids is 1. The lowest BCUT2D eigenvalue weighted by Gasteiger charge is -2.34. The Hall–Kier alpha value is -0.570. The summed E-state index contributed by atoms with van der Waals surface area (Å²) in [5.41, 5.74) is -0.740. The summed E-state index contributed by atoms with van der Waals surface area (Å²) >= 11 is 0. The molecule has 0 aromatic carbocycles. The van der Waals surface area contributed by atoms with Crippen LogP contribution < -0.4 is 0 Å². The average molecular weight is 271 g/mol. The van der Waals surface area contributed by atoms with E-state index in [1.165, 1.54) is 44.9 Å². The van der Waals surface area contributed by atoms with Crippen LogP contribution in [0, 0.1) is 0 Å². The Morgan fingerprint density at radius 3 is 1.84 bits per heavy atom. The summed E-state index contributed by atoms with van der Waals surface area (Å²) in [6, 6.07) is 0. The highest BCUT2D eigenvalue weighted by molar-refractivity contribution is 5.77. The van der Waals surface area contributed by atoms with Gasteiger partial charge in [0.05, 0.1) is 0 Å². The highest BCUT2D eigenvalue weighted by Crippen LogP contribution is 2.16. The van der Waals surface area contributed by atoms with Crippen molar-refractivity contribution < 1.29 is 9.90 Å². The minimum atomic E-state index is -0.740. The van der Waals surface area contributed by atoms with Crippen LogP contribution in [-0.4, -0.2) is 34.6 Å². The summed E-state index contributed by atoms with van der Waals surface area (Å²) in [5, 5.41) is 9.22. The molecule has 19 heavy (non-hydrogen) atoms. The summed E-state index contributed by atoms with van der Waals surface area (Å²) in [7, 11) is 0. The predicted molar refractivity (Wildman–Crippen MR) is 81.6 cm³/mol. The topological polar surface area (TPSA) is 40.5 Å². The van der Waals surface area contributed by atoms with Gasteiger partial charge in [0.25, 0.3) is 0 Å². The van der Waals surface area contributed by atoms with Crippen LogP contribution >= 0.6 is 0 Å². The molecule has 0 amide bonds. The van der Waals surface area contributed by atoms with Crippen LogP contribution in [0.5, 0.6) is 0 Å². The zero-order valence-electron chi connectivity index (χ0n) is 13.4. The molecule has 1 N–H and O–H groups in total. The number of nitrogens with zero attached hydrogens (tertiary/aromatic N) is 1. The molecule has 0 heterocycles. The standard InChI is InChI=1S/C16H33NO2/c1-5-7-8-9-10-11-12-13-14-17(6-2)16(3,4)15(18)19/h5-14H2,1-4H3,(H,18,19). The van der Waals surface area contributed by atoms with Crippen LogP contribution in [0.25, 0.3) is 0 Å². The molecule has 0 rings (SSSR count). The molecule has 0 aliphatic rings. The Morgan fingerprint density at radius 2 is 1.42 bits per heavy atom. The van der Waals surface area contributed by atoms with E-state index in [0.29, 0.717) is 0 Å². The van der Waals surface area contributed by atoms with Gasteiger partial charge in [0.1, 0.15) is 5.54 Å². The van der Waals surface area contributed by atoms with Crippen LogP contribution in [-0.2, 0) is 4.79 Å². The van der Waals surface area contributed by atoms with Gasteiger partial charge in [-0.05, 0) is 33.4 Å². The van der Waals surface area contributed by atoms with Crippen LogP contribution in [0.15, 0.2) is 0 Å². The van der Waals surface area contributed by atoms with Gasteiger partial charge in [-0.15, -0.1) is 0 Å². The smallest absolute Gasteiger partial charge is 0.323 e. The van der Waals surface area contributed by atoms with E-state index in [4.69, 9.17) is 0 Å². The maximum atomic E-state index is 11.2. The molecule has 0 saturated heterocycles. The Balaban J connectivity index is 3.71. The highest BCUT2D eigenvalue weighted by Gasteiger charge is 2.32. The van der Waals surface area contributed by atoms with E-state index in [1.807, 2.05) is 6.92 Å². The molecule has 0 unspecified atom stereocenters. The van der Waals surface area contributed by atoms with Gasteiger partial charge in [0, 0.05) is 0 Å². The lowest BCUT2D eigenvalue weighted by atomic mass is 10.0. The molecule has 0 aliphatic carbocycles. The molecule has 0 aromatic rings. The van der Waals surface area contributed by atoms with E-state index >= 15 is 0 Å². The molecule has 114 valence electrons. The van der Waals surface area contributed by atoms with Gasteiger partial charge in [0.15, 0.2) is 0 Å². The molecule has 3 nitrogen and oxygen atoms in total. The minimum absolute atomic E-state index is 0.728. The van der Waals surface area contributed by atoms with E-state index in [1.54, 1.807) is 13.8 Å². The molecule has 3 heteroatoms. The zero-order chi connectivity index (χ0) is 14.7. The van der Waals surface area contributed by atoms with Crippen LogP contribution in [0.4, 0.5) is 0 Å². The van der Waals surface area contributed by atoms with Gasteiger partial charge in [-0.3, -0.25) is 9.69 Å². The third kappa shape index (κ3) is 7.56. The number of carboxylic acid groups (broad SMARTS) is 1. The lowest BCUT2D eigenvalue weighted by Crippen LogP contribution is -2.50. The number of carbonyl (C=O) groups is 1. The van der Waals surface area contributed by atoms with Crippen molar-refractivity contribution in [1.29, 1.82) is 0 Å². The summed E-state index contributed by atoms with van der Waals surface area (Å²) < 4.78 is 0. The van der Waals surface area contributed by atoms with E-state index in [9.17, 15) is 9.90 Å². The monoisotopic (exact) mass is 271 g/mol. The highest BCUT2D eigenvalue weighted by atomic mass is 16.4. The predicted octanol–water partition coefficient (Wildman–Crippen LogP) is 4.31. The van der Waals surface area contributed by atoms with Gasteiger partial charge in [-0.25, -0.2) is 0 Å². The molecule has 0 radical (unpaired) electrons. The quantitative estimate of drug-likeness (QED) is 0.538. The van der Waals surface area contributed by atoms with Crippen molar-refractivity contribution in [2.24, 2.45) is 0 Å². The Kier molecular flexibility index (Phi) is 9.94. The second-order valence-corrected chi connectivity index (χ2v) is 5.92. The van der Waals surface area contributed by atoms with Crippen molar-refractivity contribution >= 4 is 5.97 Å². The average Bonchev–Trinajstić information content (AvgIpc) is 2.36. The van der Waals surface area contributed by atoms with Gasteiger partial charge in [-0.2, -0.15) is 0 Å². The molecular weight excluding hydrogens is 238 g/mol. The van der Waals surface area contributed by atoms with E-state index in [-0.39, 0.29) is 0 Å². The van der Waals surface area contributed by atoms with Crippen molar-refractivity contribution in [2.75, 3.05) is 13.1 Å². The number of carboxylic acids is 1. The van der Waals surface area contributed by atoms with Crippen LogP contribution in [0.3, 0.4) is 0 Å². The molecule has 0 fully saturated rings. The van der Waals surface area contributed by atoms with Gasteiger partial charge >= 0.3 is 5.97 Å². The Labute approximate surface area is 119 Å². The number of rotatable bonds is 12. The summed E-state index contributed by atoms with van der Waals surface area (Å²) in [4.78, 5) is 13.3. The normalized spacial score (nSPS) is 12.1. The number of unbranched alkanes of at least 4 members (excludes halogenated alkanes) is 7. The fourth-order valence-corrected chi connectivity index (χ4v) is 2.40. The first-order valence-corrected chi connectivity index (χ1v) is 7.95. The van der Waals surface area contributed by atoms with Gasteiger partial charge in [-0.1, -0.05) is 58.8 Å². The zero-order valence-corrected chi connectivity index (χ0v) is 13.4. The molecule has 0 saturated carbocycles. The van der Waals surface area contributed by atoms with Gasteiger partial charge < -0.3 is 5.11 Å². The summed E-state index contributed by atoms with van der Waals surface area (Å²) in [6.07, 6.45) is 10.3. The molecule has 0 atom stereocenters. The van der Waals surface area contributed by atoms with Crippen molar-refractivity contribution in [3.05, 3.63) is 0 Å². The second-order valence-electron chi connectivity index (χ2n) is 5.92. The SMILES string of the molecule is CCCCCCCCCCN(CC)C(C)(C)C(=O)O. The van der Waals surface area contributed by atoms with Crippen LogP contribution in [0.2, 0.25) is 0 Å². The molecule has 0 aliphatic heterocycles. The van der Waals surface area contributed by atoms with Crippen molar-refractivity contribution in [1.82, 2.24) is 4.90 Å². The Morgan fingerprint density at radius 1 is 0.947 bits per heavy atom. The second kappa shape index (κ2) is 10.2. The van der Waals surface area contributed by atoms with Crippen molar-refractivity contribution in [3.63, 3.8) is 0 Å². The summed E-state index contributed by atoms with van der Waals surface area (Å²) in [6.45, 7) is 9.56. The molecule has 0 spiro atoms. The fraction of sp³-hybridized carbons (Fsp3) is 0.938. The number of hydrogen-bond donors (Lipinski definition) is 1. The van der Waals surface area contributed by atoms with Gasteiger partial charge in [0.2, 0.25) is 0 Å². The van der Waals surface area contributed by atoms with E-state index in [0.717, 1.165) is 19.5 Å². The van der Waals surface area contributed by atoms with E-state index < -0.39 is 11.5 Å². The molecule has 0 aromatic heterocycles. The third-order valence-electron chi connectivity index (χ3n) is 3.98. The van der Waals surface area contributed by atoms with Crippen LogP contribution in [0.1, 0.15) is 79.1 Å². The third-order valence-corrected chi connectivity index (χ3v) is 3.98. The number of hydrogen-bond acceptors (Lipinski definition) is 2. The maximum Gasteiger partial charge on any atom is 0.323 e. The first kappa shape index (κ1) is 18.4. The first-order chi connectivity index (χ1) is 8.96. The molecule has 0 bridgehead atoms. The minimum Gasteiger partial charge on any atom is -0.480 e. The summed E-state index contributed by atoms with van der Waals surface area (Å²) in [5.74, 6) is -0.728. The largest absolute Gasteiger partial charge is 0.480 e. The Bertz CT molecular complexity index is 239. The number of likely N-dealkylation sites (N-methyl/N-ethyl adjacent to an activating group) is 1. The van der Waals surface area contributed by atoms with Crippen molar-refractivity contribution in [2.45, 2.75) is 84.6 Å².